The highest BCUT2D eigenvalue weighted by molar-refractivity contribution is 6.31. The summed E-state index contributed by atoms with van der Waals surface area (Å²) in [5.41, 5.74) is 5.95. The molecule has 8 nitrogen and oxygen atoms in total. The van der Waals surface area contributed by atoms with E-state index < -0.39 is 24.1 Å². The van der Waals surface area contributed by atoms with E-state index in [1.165, 1.54) is 0 Å². The summed E-state index contributed by atoms with van der Waals surface area (Å²) in [6.45, 7) is 4.22. The van der Waals surface area contributed by atoms with Crippen LogP contribution in [0.3, 0.4) is 0 Å². The van der Waals surface area contributed by atoms with E-state index in [-0.39, 0.29) is 0 Å². The van der Waals surface area contributed by atoms with Crippen LogP contribution in [0.2, 0.25) is 5.02 Å². The van der Waals surface area contributed by atoms with E-state index in [1.54, 1.807) is 19.9 Å². The summed E-state index contributed by atoms with van der Waals surface area (Å²) >= 11 is 6.23. The number of fused-ring (bicyclic) bond motifs is 1. The van der Waals surface area contributed by atoms with Crippen LogP contribution in [0.25, 0.3) is 22.5 Å². The molecule has 5 rings (SSSR count). The molecule has 0 bridgehead atoms. The predicted molar refractivity (Wildman–Crippen MR) is 150 cm³/mol. The van der Waals surface area contributed by atoms with Crippen LogP contribution >= 0.6 is 11.6 Å². The first kappa shape index (κ1) is 26.3. The lowest BCUT2D eigenvalue weighted by molar-refractivity contribution is -0.138. The minimum Gasteiger partial charge on any atom is -0.481 e. The Kier molecular flexibility index (Phi) is 7.56. The second kappa shape index (κ2) is 11.2. The van der Waals surface area contributed by atoms with Crippen molar-refractivity contribution >= 4 is 35.0 Å². The van der Waals surface area contributed by atoms with Crippen molar-refractivity contribution < 1.29 is 24.0 Å². The van der Waals surface area contributed by atoms with Crippen LogP contribution in [-0.2, 0) is 9.53 Å². The quantitative estimate of drug-likeness (QED) is 0.228. The van der Waals surface area contributed by atoms with Gasteiger partial charge >= 0.3 is 12.1 Å². The molecular formula is C30H28ClN3O5. The van der Waals surface area contributed by atoms with Crippen LogP contribution in [-0.4, -0.2) is 28.9 Å². The molecule has 0 saturated carbocycles. The number of aromatic nitrogens is 1. The number of nitrogens with one attached hydrogen (secondary N) is 2. The summed E-state index contributed by atoms with van der Waals surface area (Å²) in [7, 11) is 0. The standard InChI is InChI=1S/C30H28ClN3O5/c1-17-27(33-30(37)38-18(2)22-6-3-4-8-25(22)31)28(39-34-17)20-11-9-19(10-12-20)21-13-14-23-24(29(35)36)7-5-15-32-26(23)16-21/h3-4,6,8-14,16,18,24,32H,5,7,15H2,1-2H3,(H,33,37)(H,35,36). The number of hydrogen-bond acceptors (Lipinski definition) is 6. The number of ether oxygens (including phenoxy) is 1. The van der Waals surface area contributed by atoms with Crippen LogP contribution < -0.4 is 10.6 Å². The highest BCUT2D eigenvalue weighted by atomic mass is 35.5. The first-order chi connectivity index (χ1) is 18.8. The molecule has 0 radical (unpaired) electrons. The van der Waals surface area contributed by atoms with Gasteiger partial charge in [-0.15, -0.1) is 0 Å². The van der Waals surface area contributed by atoms with Gasteiger partial charge in [-0.3, -0.25) is 10.1 Å². The molecule has 200 valence electrons. The zero-order valence-electron chi connectivity index (χ0n) is 21.5. The maximum atomic E-state index is 12.7. The Morgan fingerprint density at radius 1 is 1.10 bits per heavy atom. The molecule has 4 aromatic rings. The minimum absolute atomic E-state index is 0.411. The fourth-order valence-electron chi connectivity index (χ4n) is 4.82. The number of carbonyl (C=O) groups is 2. The Morgan fingerprint density at radius 2 is 1.82 bits per heavy atom. The Balaban J connectivity index is 1.34. The average Bonchev–Trinajstić information content (AvgIpc) is 3.14. The number of hydrogen-bond donors (Lipinski definition) is 3. The summed E-state index contributed by atoms with van der Waals surface area (Å²) < 4.78 is 11.1. The molecule has 0 spiro atoms. The number of rotatable bonds is 6. The first-order valence-electron chi connectivity index (χ1n) is 12.7. The van der Waals surface area contributed by atoms with Gasteiger partial charge in [-0.05, 0) is 55.5 Å². The predicted octanol–water partition coefficient (Wildman–Crippen LogP) is 7.65. The summed E-state index contributed by atoms with van der Waals surface area (Å²) in [6.07, 6.45) is 0.212. The van der Waals surface area contributed by atoms with Gasteiger partial charge in [-0.2, -0.15) is 0 Å². The molecule has 3 N–H and O–H groups in total. The topological polar surface area (TPSA) is 114 Å². The Bertz CT molecular complexity index is 1520. The van der Waals surface area contributed by atoms with Gasteiger partial charge in [0.1, 0.15) is 17.5 Å². The number of halogens is 1. The van der Waals surface area contributed by atoms with E-state index in [0.717, 1.165) is 40.9 Å². The number of carbonyl (C=O) groups excluding carboxylic acids is 1. The third kappa shape index (κ3) is 5.61. The first-order valence-corrected chi connectivity index (χ1v) is 13.1. The van der Waals surface area contributed by atoms with Crippen molar-refractivity contribution in [3.63, 3.8) is 0 Å². The third-order valence-electron chi connectivity index (χ3n) is 6.91. The van der Waals surface area contributed by atoms with E-state index in [2.05, 4.69) is 15.8 Å². The van der Waals surface area contributed by atoms with E-state index >= 15 is 0 Å². The molecule has 0 aliphatic carbocycles. The summed E-state index contributed by atoms with van der Waals surface area (Å²) in [6, 6.07) is 20.7. The summed E-state index contributed by atoms with van der Waals surface area (Å²) in [5.74, 6) is -0.897. The van der Waals surface area contributed by atoms with Gasteiger partial charge < -0.3 is 19.7 Å². The van der Waals surface area contributed by atoms with E-state index in [4.69, 9.17) is 20.9 Å². The van der Waals surface area contributed by atoms with Crippen molar-refractivity contribution in [2.75, 3.05) is 17.2 Å². The zero-order chi connectivity index (χ0) is 27.5. The van der Waals surface area contributed by atoms with Crippen LogP contribution in [0.1, 0.15) is 48.6 Å². The van der Waals surface area contributed by atoms with E-state index in [0.29, 0.717) is 34.1 Å². The maximum absolute atomic E-state index is 12.7. The smallest absolute Gasteiger partial charge is 0.412 e. The summed E-state index contributed by atoms with van der Waals surface area (Å²) in [5, 5.41) is 20.3. The lowest BCUT2D eigenvalue weighted by Gasteiger charge is -2.15. The fraction of sp³-hybridized carbons (Fsp3) is 0.233. The van der Waals surface area contributed by atoms with Crippen LogP contribution in [0, 0.1) is 6.92 Å². The van der Waals surface area contributed by atoms with Gasteiger partial charge in [-0.1, -0.05) is 71.4 Å². The molecular weight excluding hydrogens is 518 g/mol. The maximum Gasteiger partial charge on any atom is 0.412 e. The van der Waals surface area contributed by atoms with E-state index in [1.807, 2.05) is 60.7 Å². The van der Waals surface area contributed by atoms with Crippen molar-refractivity contribution in [3.05, 3.63) is 88.6 Å². The molecule has 1 aliphatic rings. The van der Waals surface area contributed by atoms with Gasteiger partial charge in [0.15, 0.2) is 5.76 Å². The number of amides is 1. The van der Waals surface area contributed by atoms with E-state index in [9.17, 15) is 14.7 Å². The van der Waals surface area contributed by atoms with Gasteiger partial charge in [0.2, 0.25) is 0 Å². The molecule has 9 heteroatoms. The number of nitrogens with zero attached hydrogens (tertiary/aromatic N) is 1. The Hall–Kier alpha value is -4.30. The molecule has 1 aromatic heterocycles. The van der Waals surface area contributed by atoms with Gasteiger partial charge in [-0.25, -0.2) is 4.79 Å². The molecule has 1 aliphatic heterocycles. The normalized spacial score (nSPS) is 15.4. The van der Waals surface area contributed by atoms with Crippen molar-refractivity contribution in [1.29, 1.82) is 0 Å². The van der Waals surface area contributed by atoms with Crippen LogP contribution in [0.5, 0.6) is 0 Å². The fourth-order valence-corrected chi connectivity index (χ4v) is 5.11. The van der Waals surface area contributed by atoms with Gasteiger partial charge in [0, 0.05) is 28.4 Å². The lowest BCUT2D eigenvalue weighted by Crippen LogP contribution is -2.17. The summed E-state index contributed by atoms with van der Waals surface area (Å²) in [4.78, 5) is 24.4. The highest BCUT2D eigenvalue weighted by Crippen LogP contribution is 2.37. The number of carboxylic acids is 1. The Labute approximate surface area is 230 Å². The van der Waals surface area contributed by atoms with Crippen molar-refractivity contribution in [3.8, 4) is 22.5 Å². The second-order valence-corrected chi connectivity index (χ2v) is 9.91. The van der Waals surface area contributed by atoms with Crippen LogP contribution in [0.15, 0.2) is 71.3 Å². The van der Waals surface area contributed by atoms with Crippen LogP contribution in [0.4, 0.5) is 16.2 Å². The largest absolute Gasteiger partial charge is 0.481 e. The van der Waals surface area contributed by atoms with Gasteiger partial charge in [0.25, 0.3) is 0 Å². The number of anilines is 2. The van der Waals surface area contributed by atoms with Crippen molar-refractivity contribution in [2.24, 2.45) is 0 Å². The molecule has 2 atom stereocenters. The monoisotopic (exact) mass is 545 g/mol. The minimum atomic E-state index is -0.800. The molecule has 1 amide bonds. The lowest BCUT2D eigenvalue weighted by atomic mass is 9.92. The molecule has 39 heavy (non-hydrogen) atoms. The Morgan fingerprint density at radius 3 is 2.56 bits per heavy atom. The SMILES string of the molecule is Cc1noc(-c2ccc(-c3ccc4c(c3)NCCCC4C(=O)O)cc2)c1NC(=O)OC(C)c1ccccc1Cl. The van der Waals surface area contributed by atoms with Crippen molar-refractivity contribution in [2.45, 2.75) is 38.7 Å². The number of aryl methyl sites for hydroxylation is 1. The number of benzene rings is 3. The zero-order valence-corrected chi connectivity index (χ0v) is 22.3. The number of aliphatic carboxylic acids is 1. The molecule has 0 saturated heterocycles. The van der Waals surface area contributed by atoms with Gasteiger partial charge in [0.05, 0.1) is 5.92 Å². The van der Waals surface area contributed by atoms with Crippen molar-refractivity contribution in [1.82, 2.24) is 5.16 Å². The molecule has 2 heterocycles. The molecule has 2 unspecified atom stereocenters. The second-order valence-electron chi connectivity index (χ2n) is 9.51. The average molecular weight is 546 g/mol. The highest BCUT2D eigenvalue weighted by Gasteiger charge is 2.25. The third-order valence-corrected chi connectivity index (χ3v) is 7.25. The molecule has 0 fully saturated rings. The number of carboxylic acid groups (broad SMARTS) is 1. The molecule has 3 aromatic carbocycles.